The van der Waals surface area contributed by atoms with E-state index in [0.29, 0.717) is 0 Å². The van der Waals surface area contributed by atoms with Gasteiger partial charge in [0.2, 0.25) is 0 Å². The second-order valence-corrected chi connectivity index (χ2v) is 5.81. The van der Waals surface area contributed by atoms with Crippen LogP contribution in [0, 0.1) is 6.92 Å². The van der Waals surface area contributed by atoms with Crippen LogP contribution >= 0.6 is 0 Å². The van der Waals surface area contributed by atoms with Gasteiger partial charge in [-0.1, -0.05) is 13.8 Å². The Labute approximate surface area is 127 Å². The van der Waals surface area contributed by atoms with Crippen LogP contribution in [0.15, 0.2) is 18.3 Å². The van der Waals surface area contributed by atoms with Gasteiger partial charge in [0.15, 0.2) is 0 Å². The molecule has 0 bridgehead atoms. The van der Waals surface area contributed by atoms with Crippen LogP contribution < -0.4 is 0 Å². The third-order valence-electron chi connectivity index (χ3n) is 3.98. The van der Waals surface area contributed by atoms with E-state index in [1.165, 1.54) is 0 Å². The Kier molecular flexibility index (Phi) is 5.76. The molecule has 4 nitrogen and oxygen atoms in total. The first-order chi connectivity index (χ1) is 10.2. The average molecular weight is 289 g/mol. The van der Waals surface area contributed by atoms with Crippen molar-refractivity contribution in [3.05, 3.63) is 29.5 Å². The minimum absolute atomic E-state index is 0.402. The van der Waals surface area contributed by atoms with Crippen LogP contribution in [0.3, 0.4) is 0 Å². The van der Waals surface area contributed by atoms with Crippen LogP contribution in [0.25, 0.3) is 10.9 Å². The van der Waals surface area contributed by atoms with Crippen molar-refractivity contribution in [1.82, 2.24) is 15.1 Å². The van der Waals surface area contributed by atoms with Crippen LogP contribution in [0.5, 0.6) is 0 Å². The normalized spacial score (nSPS) is 13.2. The highest BCUT2D eigenvalue weighted by atomic mass is 16.3. The van der Waals surface area contributed by atoms with Gasteiger partial charge in [0, 0.05) is 11.9 Å². The Hall–Kier alpha value is -1.39. The smallest absolute Gasteiger partial charge is 0.0805 e. The van der Waals surface area contributed by atoms with E-state index in [0.717, 1.165) is 60.9 Å². The molecule has 2 rings (SSSR count). The molecule has 2 aromatic rings. The van der Waals surface area contributed by atoms with Crippen LogP contribution in [-0.4, -0.2) is 39.8 Å². The summed E-state index contributed by atoms with van der Waals surface area (Å²) in [5.74, 6) is 0. The van der Waals surface area contributed by atoms with Crippen molar-refractivity contribution < 1.29 is 5.11 Å². The highest BCUT2D eigenvalue weighted by molar-refractivity contribution is 5.79. The average Bonchev–Trinajstić information content (AvgIpc) is 2.91. The number of nitrogens with zero attached hydrogens (tertiary/aromatic N) is 2. The van der Waals surface area contributed by atoms with E-state index in [1.54, 1.807) is 0 Å². The lowest BCUT2D eigenvalue weighted by molar-refractivity contribution is 0.141. The van der Waals surface area contributed by atoms with Crippen LogP contribution in [0.2, 0.25) is 0 Å². The molecule has 116 valence electrons. The molecule has 0 saturated heterocycles. The minimum Gasteiger partial charge on any atom is -0.388 e. The molecule has 0 aliphatic carbocycles. The van der Waals surface area contributed by atoms with Gasteiger partial charge in [0.05, 0.1) is 17.8 Å². The lowest BCUT2D eigenvalue weighted by Crippen LogP contribution is -2.27. The van der Waals surface area contributed by atoms with Crippen molar-refractivity contribution in [2.75, 3.05) is 19.6 Å². The Bertz CT molecular complexity index is 558. The fraction of sp³-hybridized carbons (Fsp3) is 0.588. The quantitative estimate of drug-likeness (QED) is 0.783. The zero-order valence-corrected chi connectivity index (χ0v) is 13.4. The fourth-order valence-corrected chi connectivity index (χ4v) is 2.90. The largest absolute Gasteiger partial charge is 0.388 e. The summed E-state index contributed by atoms with van der Waals surface area (Å²) in [7, 11) is 0. The molecule has 2 N–H and O–H groups in total. The summed E-state index contributed by atoms with van der Waals surface area (Å²) in [5.41, 5.74) is 3.18. The van der Waals surface area contributed by atoms with Gasteiger partial charge in [-0.3, -0.25) is 5.10 Å². The Morgan fingerprint density at radius 1 is 1.19 bits per heavy atom. The first-order valence-electron chi connectivity index (χ1n) is 7.99. The summed E-state index contributed by atoms with van der Waals surface area (Å²) >= 11 is 0. The molecular weight excluding hydrogens is 262 g/mol. The van der Waals surface area contributed by atoms with Gasteiger partial charge in [0.25, 0.3) is 0 Å². The fourth-order valence-electron chi connectivity index (χ4n) is 2.90. The summed E-state index contributed by atoms with van der Waals surface area (Å²) in [6, 6.07) is 4.12. The van der Waals surface area contributed by atoms with Crippen molar-refractivity contribution in [2.24, 2.45) is 0 Å². The van der Waals surface area contributed by atoms with Gasteiger partial charge >= 0.3 is 0 Å². The molecule has 0 aliphatic heterocycles. The van der Waals surface area contributed by atoms with Gasteiger partial charge in [-0.25, -0.2) is 0 Å². The standard InChI is InChI=1S/C17H27N3O/c1-4-7-20(8-5-2)9-6-17(21)15-11-14-12-18-19-16(14)10-13(15)3/h10-12,17,21H,4-9H2,1-3H3,(H,18,19). The number of aryl methyl sites for hydroxylation is 1. The van der Waals surface area contributed by atoms with Gasteiger partial charge in [-0.05, 0) is 62.5 Å². The van der Waals surface area contributed by atoms with Crippen LogP contribution in [0.4, 0.5) is 0 Å². The minimum atomic E-state index is -0.402. The van der Waals surface area contributed by atoms with Crippen molar-refractivity contribution >= 4 is 10.9 Å². The second kappa shape index (κ2) is 7.57. The molecule has 0 spiro atoms. The molecule has 1 aromatic heterocycles. The maximum atomic E-state index is 10.5. The second-order valence-electron chi connectivity index (χ2n) is 5.81. The van der Waals surface area contributed by atoms with Crippen molar-refractivity contribution in [3.8, 4) is 0 Å². The molecule has 1 heterocycles. The summed E-state index contributed by atoms with van der Waals surface area (Å²) in [4.78, 5) is 2.44. The van der Waals surface area contributed by atoms with E-state index in [-0.39, 0.29) is 0 Å². The molecule has 1 unspecified atom stereocenters. The van der Waals surface area contributed by atoms with Crippen LogP contribution in [-0.2, 0) is 0 Å². The summed E-state index contributed by atoms with van der Waals surface area (Å²) in [6.45, 7) is 9.63. The van der Waals surface area contributed by atoms with E-state index in [9.17, 15) is 5.11 Å². The molecule has 0 amide bonds. The maximum absolute atomic E-state index is 10.5. The Balaban J connectivity index is 2.03. The molecule has 0 fully saturated rings. The summed E-state index contributed by atoms with van der Waals surface area (Å²) in [5, 5.41) is 18.6. The molecule has 4 heteroatoms. The van der Waals surface area contributed by atoms with Crippen molar-refractivity contribution in [3.63, 3.8) is 0 Å². The zero-order valence-electron chi connectivity index (χ0n) is 13.4. The molecule has 0 aliphatic rings. The highest BCUT2D eigenvalue weighted by Gasteiger charge is 2.14. The summed E-state index contributed by atoms with van der Waals surface area (Å²) < 4.78 is 0. The molecule has 1 aromatic carbocycles. The number of nitrogens with one attached hydrogen (secondary N) is 1. The topological polar surface area (TPSA) is 52.1 Å². The number of hydrogen-bond acceptors (Lipinski definition) is 3. The van der Waals surface area contributed by atoms with Gasteiger partial charge in [-0.15, -0.1) is 0 Å². The van der Waals surface area contributed by atoms with E-state index >= 15 is 0 Å². The summed E-state index contributed by atoms with van der Waals surface area (Å²) in [6.07, 6.45) is 4.52. The molecule has 21 heavy (non-hydrogen) atoms. The van der Waals surface area contributed by atoms with Gasteiger partial charge < -0.3 is 10.0 Å². The third-order valence-corrected chi connectivity index (χ3v) is 3.98. The van der Waals surface area contributed by atoms with Crippen molar-refractivity contribution in [2.45, 2.75) is 46.1 Å². The SMILES string of the molecule is CCCN(CCC)CCC(O)c1cc2cn[nH]c2cc1C. The Morgan fingerprint density at radius 2 is 1.90 bits per heavy atom. The molecular formula is C17H27N3O. The first kappa shape index (κ1) is 16.0. The van der Waals surface area contributed by atoms with E-state index < -0.39 is 6.10 Å². The van der Waals surface area contributed by atoms with E-state index in [1.807, 2.05) is 6.20 Å². The predicted octanol–water partition coefficient (Wildman–Crippen LogP) is 3.42. The predicted molar refractivity (Wildman–Crippen MR) is 87.4 cm³/mol. The van der Waals surface area contributed by atoms with E-state index in [2.05, 4.69) is 48.0 Å². The number of aromatic nitrogens is 2. The molecule has 1 atom stereocenters. The number of fused-ring (bicyclic) bond motifs is 1. The van der Waals surface area contributed by atoms with Crippen molar-refractivity contribution in [1.29, 1.82) is 0 Å². The number of hydrogen-bond donors (Lipinski definition) is 2. The number of aliphatic hydroxyl groups is 1. The Morgan fingerprint density at radius 3 is 2.57 bits per heavy atom. The lowest BCUT2D eigenvalue weighted by atomic mass is 9.99. The number of aliphatic hydroxyl groups excluding tert-OH is 1. The monoisotopic (exact) mass is 289 g/mol. The zero-order chi connectivity index (χ0) is 15.2. The number of aromatic amines is 1. The number of H-pyrrole nitrogens is 1. The van der Waals surface area contributed by atoms with Gasteiger partial charge in [0.1, 0.15) is 0 Å². The number of rotatable bonds is 8. The lowest BCUT2D eigenvalue weighted by Gasteiger charge is -2.23. The first-order valence-corrected chi connectivity index (χ1v) is 7.99. The van der Waals surface area contributed by atoms with Crippen LogP contribution in [0.1, 0.15) is 50.3 Å². The highest BCUT2D eigenvalue weighted by Crippen LogP contribution is 2.25. The molecule has 0 radical (unpaired) electrons. The van der Waals surface area contributed by atoms with Gasteiger partial charge in [-0.2, -0.15) is 5.10 Å². The van der Waals surface area contributed by atoms with E-state index in [4.69, 9.17) is 0 Å². The molecule has 0 saturated carbocycles. The maximum Gasteiger partial charge on any atom is 0.0805 e. The third kappa shape index (κ3) is 4.05. The number of benzene rings is 1.